The van der Waals surface area contributed by atoms with Crippen molar-refractivity contribution in [3.05, 3.63) is 75.2 Å². The van der Waals surface area contributed by atoms with Gasteiger partial charge < -0.3 is 10.1 Å². The molecule has 4 rings (SSSR count). The van der Waals surface area contributed by atoms with Crippen LogP contribution < -0.4 is 15.0 Å². The van der Waals surface area contributed by atoms with E-state index in [1.807, 2.05) is 50.2 Å². The van der Waals surface area contributed by atoms with E-state index in [1.54, 1.807) is 12.0 Å². The van der Waals surface area contributed by atoms with Crippen molar-refractivity contribution in [3.8, 4) is 5.75 Å². The van der Waals surface area contributed by atoms with Gasteiger partial charge in [-0.2, -0.15) is 0 Å². The third kappa shape index (κ3) is 6.26. The Morgan fingerprint density at radius 1 is 1.03 bits per heavy atom. The van der Waals surface area contributed by atoms with Gasteiger partial charge in [0.05, 0.1) is 17.8 Å². The number of hydrogen-bond donors (Lipinski definition) is 1. The lowest BCUT2D eigenvalue weighted by molar-refractivity contribution is -0.123. The Balaban J connectivity index is 1.82. The standard InChI is InChI=1S/C31H39N3O3S/c1-6-20(2)23-12-16-26(17-13-23)34(31(36)29-21(3)32-22(4)38-29)28(24-14-18-27(37-5)19-15-24)30(35)33-25-10-8-7-9-11-25/h12-20,25,28H,6-11H2,1-5H3,(H,33,35)/t20-,28+/m0/s1. The number of benzene rings is 2. The zero-order chi connectivity index (χ0) is 27.2. The monoisotopic (exact) mass is 533 g/mol. The molecule has 202 valence electrons. The van der Waals surface area contributed by atoms with Crippen LogP contribution >= 0.6 is 11.3 Å². The Labute approximate surface area is 230 Å². The summed E-state index contributed by atoms with van der Waals surface area (Å²) in [5.41, 5.74) is 3.31. The van der Waals surface area contributed by atoms with E-state index in [0.717, 1.165) is 42.7 Å². The van der Waals surface area contributed by atoms with Gasteiger partial charge >= 0.3 is 0 Å². The number of nitrogens with one attached hydrogen (secondary N) is 1. The van der Waals surface area contributed by atoms with E-state index in [1.165, 1.54) is 23.3 Å². The van der Waals surface area contributed by atoms with Crippen LogP contribution in [0.3, 0.4) is 0 Å². The van der Waals surface area contributed by atoms with Crippen LogP contribution in [0.2, 0.25) is 0 Å². The molecule has 0 saturated heterocycles. The fourth-order valence-electron chi connectivity index (χ4n) is 5.15. The molecular formula is C31H39N3O3S. The van der Waals surface area contributed by atoms with Crippen LogP contribution in [0.15, 0.2) is 48.5 Å². The van der Waals surface area contributed by atoms with Gasteiger partial charge in [0.15, 0.2) is 0 Å². The SMILES string of the molecule is CC[C@H](C)c1ccc(N(C(=O)c2sc(C)nc2C)[C@@H](C(=O)NC2CCCCC2)c2ccc(OC)cc2)cc1. The fraction of sp³-hybridized carbons (Fsp3) is 0.452. The highest BCUT2D eigenvalue weighted by Gasteiger charge is 2.36. The van der Waals surface area contributed by atoms with E-state index in [0.29, 0.717) is 27.9 Å². The second-order valence-electron chi connectivity index (χ2n) is 10.2. The molecule has 3 aromatic rings. The quantitative estimate of drug-likeness (QED) is 0.318. The lowest BCUT2D eigenvalue weighted by atomic mass is 9.94. The number of ether oxygens (including phenoxy) is 1. The second kappa shape index (κ2) is 12.6. The number of aryl methyl sites for hydroxylation is 2. The van der Waals surface area contributed by atoms with E-state index in [4.69, 9.17) is 4.74 Å². The highest BCUT2D eigenvalue weighted by molar-refractivity contribution is 7.13. The first-order chi connectivity index (χ1) is 18.3. The first-order valence-corrected chi connectivity index (χ1v) is 14.5. The van der Waals surface area contributed by atoms with Crippen molar-refractivity contribution in [2.24, 2.45) is 0 Å². The fourth-order valence-corrected chi connectivity index (χ4v) is 6.01. The number of hydrogen-bond acceptors (Lipinski definition) is 5. The molecule has 1 fully saturated rings. The van der Waals surface area contributed by atoms with Crippen LogP contribution in [-0.2, 0) is 4.79 Å². The Morgan fingerprint density at radius 3 is 2.21 bits per heavy atom. The van der Waals surface area contributed by atoms with Gasteiger partial charge in [0.1, 0.15) is 16.7 Å². The van der Waals surface area contributed by atoms with Crippen molar-refractivity contribution >= 4 is 28.8 Å². The van der Waals surface area contributed by atoms with Crippen LogP contribution in [0.4, 0.5) is 5.69 Å². The normalized spacial score (nSPS) is 15.5. The number of amides is 2. The average molecular weight is 534 g/mol. The van der Waals surface area contributed by atoms with Gasteiger partial charge in [-0.3, -0.25) is 14.5 Å². The van der Waals surface area contributed by atoms with Crippen LogP contribution in [0, 0.1) is 13.8 Å². The Morgan fingerprint density at radius 2 is 1.66 bits per heavy atom. The van der Waals surface area contributed by atoms with Gasteiger partial charge in [-0.05, 0) is 74.4 Å². The summed E-state index contributed by atoms with van der Waals surface area (Å²) in [6, 6.07) is 14.8. The molecule has 6 nitrogen and oxygen atoms in total. The molecule has 2 amide bonds. The van der Waals surface area contributed by atoms with Crippen molar-refractivity contribution in [1.29, 1.82) is 0 Å². The smallest absolute Gasteiger partial charge is 0.271 e. The summed E-state index contributed by atoms with van der Waals surface area (Å²) in [7, 11) is 1.62. The molecule has 0 bridgehead atoms. The van der Waals surface area contributed by atoms with Gasteiger partial charge in [-0.1, -0.05) is 57.4 Å². The Hall–Kier alpha value is -3.19. The van der Waals surface area contributed by atoms with Crippen molar-refractivity contribution in [2.75, 3.05) is 12.0 Å². The summed E-state index contributed by atoms with van der Waals surface area (Å²) in [4.78, 5) is 35.1. The van der Waals surface area contributed by atoms with E-state index < -0.39 is 6.04 Å². The molecule has 2 aromatic carbocycles. The average Bonchev–Trinajstić information content (AvgIpc) is 3.29. The minimum absolute atomic E-state index is 0.120. The minimum atomic E-state index is -0.841. The maximum Gasteiger partial charge on any atom is 0.271 e. The summed E-state index contributed by atoms with van der Waals surface area (Å²) in [6.45, 7) is 8.11. The number of anilines is 1. The number of rotatable bonds is 9. The minimum Gasteiger partial charge on any atom is -0.497 e. The molecule has 0 spiro atoms. The lowest BCUT2D eigenvalue weighted by Crippen LogP contribution is -2.47. The van der Waals surface area contributed by atoms with E-state index in [2.05, 4.69) is 36.3 Å². The molecule has 0 radical (unpaired) electrons. The van der Waals surface area contributed by atoms with Crippen molar-refractivity contribution < 1.29 is 14.3 Å². The lowest BCUT2D eigenvalue weighted by Gasteiger charge is -2.33. The zero-order valence-electron chi connectivity index (χ0n) is 23.1. The molecule has 1 saturated carbocycles. The maximum atomic E-state index is 14.3. The highest BCUT2D eigenvalue weighted by Crippen LogP contribution is 2.34. The molecule has 1 N–H and O–H groups in total. The van der Waals surface area contributed by atoms with E-state index >= 15 is 0 Å². The molecule has 38 heavy (non-hydrogen) atoms. The first kappa shape index (κ1) is 27.8. The summed E-state index contributed by atoms with van der Waals surface area (Å²) < 4.78 is 5.37. The predicted octanol–water partition coefficient (Wildman–Crippen LogP) is 7.12. The largest absolute Gasteiger partial charge is 0.497 e. The molecule has 2 atom stereocenters. The van der Waals surface area contributed by atoms with Gasteiger partial charge in [-0.25, -0.2) is 4.98 Å². The molecule has 1 aliphatic carbocycles. The van der Waals surface area contributed by atoms with Gasteiger partial charge in [0.25, 0.3) is 5.91 Å². The molecular weight excluding hydrogens is 494 g/mol. The first-order valence-electron chi connectivity index (χ1n) is 13.6. The number of nitrogens with zero attached hydrogens (tertiary/aromatic N) is 2. The summed E-state index contributed by atoms with van der Waals surface area (Å²) in [6.07, 6.45) is 6.37. The molecule has 0 aliphatic heterocycles. The molecule has 7 heteroatoms. The molecule has 0 unspecified atom stereocenters. The van der Waals surface area contributed by atoms with Crippen LogP contribution in [-0.4, -0.2) is 29.9 Å². The van der Waals surface area contributed by atoms with Crippen LogP contribution in [0.5, 0.6) is 5.75 Å². The van der Waals surface area contributed by atoms with E-state index in [-0.39, 0.29) is 17.9 Å². The molecule has 1 aromatic heterocycles. The Kier molecular flexibility index (Phi) is 9.21. The predicted molar refractivity (Wildman–Crippen MR) is 154 cm³/mol. The number of thiazole rings is 1. The number of carbonyl (C=O) groups excluding carboxylic acids is 2. The van der Waals surface area contributed by atoms with Gasteiger partial charge in [0.2, 0.25) is 5.91 Å². The van der Waals surface area contributed by atoms with Gasteiger partial charge in [0, 0.05) is 11.7 Å². The summed E-state index contributed by atoms with van der Waals surface area (Å²) in [5, 5.41) is 4.11. The van der Waals surface area contributed by atoms with Crippen LogP contribution in [0.1, 0.15) is 95.8 Å². The zero-order valence-corrected chi connectivity index (χ0v) is 23.9. The molecule has 1 aliphatic rings. The van der Waals surface area contributed by atoms with Crippen molar-refractivity contribution in [2.45, 2.75) is 84.2 Å². The van der Waals surface area contributed by atoms with Gasteiger partial charge in [-0.15, -0.1) is 11.3 Å². The Bertz CT molecular complexity index is 1230. The topological polar surface area (TPSA) is 71.5 Å². The van der Waals surface area contributed by atoms with E-state index in [9.17, 15) is 9.59 Å². The summed E-state index contributed by atoms with van der Waals surface area (Å²) >= 11 is 1.37. The summed E-state index contributed by atoms with van der Waals surface area (Å²) in [5.74, 6) is 0.723. The highest BCUT2D eigenvalue weighted by atomic mass is 32.1. The third-order valence-corrected chi connectivity index (χ3v) is 8.62. The number of carbonyl (C=O) groups is 2. The third-order valence-electron chi connectivity index (χ3n) is 7.56. The maximum absolute atomic E-state index is 14.3. The van der Waals surface area contributed by atoms with Crippen molar-refractivity contribution in [1.82, 2.24) is 10.3 Å². The number of aromatic nitrogens is 1. The number of methoxy groups -OCH3 is 1. The van der Waals surface area contributed by atoms with Crippen LogP contribution in [0.25, 0.3) is 0 Å². The molecule has 1 heterocycles. The van der Waals surface area contributed by atoms with Crippen molar-refractivity contribution in [3.63, 3.8) is 0 Å². The second-order valence-corrected chi connectivity index (χ2v) is 11.4.